The number of rotatable bonds is 4. The maximum atomic E-state index is 12.8. The highest BCUT2D eigenvalue weighted by atomic mass is 32.2. The average molecular weight is 431 g/mol. The molecule has 158 valence electrons. The van der Waals surface area contributed by atoms with Gasteiger partial charge in [0.05, 0.1) is 11.3 Å². The SMILES string of the molecule is CC(=O)Oc1c(C)c(C)c2c(c1C)C=C(C(=O)Nc1ccccc1S(=O)(=O)O)CO2. The number of esters is 1. The van der Waals surface area contributed by atoms with Crippen LogP contribution in [0.4, 0.5) is 5.69 Å². The van der Waals surface area contributed by atoms with Crippen LogP contribution in [0.1, 0.15) is 29.2 Å². The van der Waals surface area contributed by atoms with E-state index in [-0.39, 0.29) is 17.9 Å². The van der Waals surface area contributed by atoms with Gasteiger partial charge in [-0.1, -0.05) is 12.1 Å². The standard InChI is InChI=1S/C21H21NO7S/c1-11-12(2)20-16(13(3)19(11)29-14(4)23)9-15(10-28-20)21(24)22-17-7-5-6-8-18(17)30(25,26)27/h5-9H,10H2,1-4H3,(H,22,24)(H,25,26,27). The highest BCUT2D eigenvalue weighted by Crippen LogP contribution is 2.41. The zero-order valence-corrected chi connectivity index (χ0v) is 17.7. The van der Waals surface area contributed by atoms with Crippen LogP contribution in [0.2, 0.25) is 0 Å². The number of ether oxygens (including phenoxy) is 2. The minimum absolute atomic E-state index is 0.0283. The minimum Gasteiger partial charge on any atom is -0.488 e. The number of benzene rings is 2. The van der Waals surface area contributed by atoms with E-state index < -0.39 is 26.9 Å². The number of para-hydroxylation sites is 1. The smallest absolute Gasteiger partial charge is 0.308 e. The summed E-state index contributed by atoms with van der Waals surface area (Å²) in [6.07, 6.45) is 1.62. The third-order valence-corrected chi connectivity index (χ3v) is 5.79. The van der Waals surface area contributed by atoms with Crippen molar-refractivity contribution in [3.05, 3.63) is 52.1 Å². The summed E-state index contributed by atoms with van der Waals surface area (Å²) in [5.74, 6) is -0.0303. The van der Waals surface area contributed by atoms with Crippen molar-refractivity contribution < 1.29 is 32.0 Å². The molecule has 0 radical (unpaired) electrons. The number of amides is 1. The lowest BCUT2D eigenvalue weighted by molar-refractivity contribution is -0.132. The molecule has 0 atom stereocenters. The van der Waals surface area contributed by atoms with E-state index in [0.29, 0.717) is 22.6 Å². The van der Waals surface area contributed by atoms with Gasteiger partial charge in [-0.3, -0.25) is 14.1 Å². The Balaban J connectivity index is 2.01. The van der Waals surface area contributed by atoms with Crippen molar-refractivity contribution >= 4 is 33.8 Å². The van der Waals surface area contributed by atoms with Crippen molar-refractivity contribution in [1.29, 1.82) is 0 Å². The first-order valence-corrected chi connectivity index (χ1v) is 10.5. The molecule has 0 bridgehead atoms. The van der Waals surface area contributed by atoms with Crippen LogP contribution in [0.25, 0.3) is 6.08 Å². The second-order valence-corrected chi connectivity index (χ2v) is 8.31. The van der Waals surface area contributed by atoms with Gasteiger partial charge in [0, 0.05) is 18.1 Å². The highest BCUT2D eigenvalue weighted by Gasteiger charge is 2.26. The fourth-order valence-corrected chi connectivity index (χ4v) is 3.91. The molecule has 9 heteroatoms. The Hall–Kier alpha value is -3.17. The van der Waals surface area contributed by atoms with Gasteiger partial charge in [-0.25, -0.2) is 0 Å². The summed E-state index contributed by atoms with van der Waals surface area (Å²) in [5, 5.41) is 2.50. The van der Waals surface area contributed by atoms with E-state index in [4.69, 9.17) is 9.47 Å². The van der Waals surface area contributed by atoms with Crippen molar-refractivity contribution in [3.8, 4) is 11.5 Å². The molecule has 1 amide bonds. The Bertz CT molecular complexity index is 1200. The zero-order valence-electron chi connectivity index (χ0n) is 16.9. The van der Waals surface area contributed by atoms with Crippen molar-refractivity contribution in [3.63, 3.8) is 0 Å². The number of hydrogen-bond acceptors (Lipinski definition) is 6. The van der Waals surface area contributed by atoms with Crippen LogP contribution in [0, 0.1) is 20.8 Å². The monoisotopic (exact) mass is 431 g/mol. The molecule has 0 aliphatic carbocycles. The Morgan fingerprint density at radius 1 is 1.10 bits per heavy atom. The Morgan fingerprint density at radius 3 is 2.40 bits per heavy atom. The van der Waals surface area contributed by atoms with E-state index in [1.54, 1.807) is 13.0 Å². The average Bonchev–Trinajstić information content (AvgIpc) is 2.68. The maximum absolute atomic E-state index is 12.8. The maximum Gasteiger partial charge on any atom is 0.308 e. The summed E-state index contributed by atoms with van der Waals surface area (Å²) in [6.45, 7) is 6.70. The summed E-state index contributed by atoms with van der Waals surface area (Å²) in [6, 6.07) is 5.53. The number of anilines is 1. The number of fused-ring (bicyclic) bond motifs is 1. The Labute approximate surface area is 174 Å². The van der Waals surface area contributed by atoms with Gasteiger partial charge >= 0.3 is 5.97 Å². The fraction of sp³-hybridized carbons (Fsp3) is 0.238. The quantitative estimate of drug-likeness (QED) is 0.433. The van der Waals surface area contributed by atoms with Crippen LogP contribution >= 0.6 is 0 Å². The molecule has 0 saturated carbocycles. The lowest BCUT2D eigenvalue weighted by atomic mass is 9.94. The lowest BCUT2D eigenvalue weighted by Gasteiger charge is -2.24. The molecule has 30 heavy (non-hydrogen) atoms. The third-order valence-electron chi connectivity index (χ3n) is 4.87. The minimum atomic E-state index is -4.51. The van der Waals surface area contributed by atoms with Gasteiger partial charge in [-0.05, 0) is 50.1 Å². The fourth-order valence-electron chi connectivity index (χ4n) is 3.27. The Morgan fingerprint density at radius 2 is 1.77 bits per heavy atom. The summed E-state index contributed by atoms with van der Waals surface area (Å²) < 4.78 is 43.6. The topological polar surface area (TPSA) is 119 Å². The Kier molecular flexibility index (Phi) is 5.69. The molecule has 0 aromatic heterocycles. The van der Waals surface area contributed by atoms with Crippen LogP contribution in [-0.2, 0) is 19.7 Å². The van der Waals surface area contributed by atoms with Gasteiger partial charge in [-0.15, -0.1) is 0 Å². The lowest BCUT2D eigenvalue weighted by Crippen LogP contribution is -2.23. The van der Waals surface area contributed by atoms with Crippen molar-refractivity contribution in [1.82, 2.24) is 0 Å². The third kappa shape index (κ3) is 4.07. The molecular formula is C21H21NO7S. The second-order valence-electron chi connectivity index (χ2n) is 6.92. The van der Waals surface area contributed by atoms with Crippen LogP contribution in [0.3, 0.4) is 0 Å². The normalized spacial score (nSPS) is 13.0. The molecule has 1 aliphatic heterocycles. The molecule has 3 rings (SSSR count). The van der Waals surface area contributed by atoms with Gasteiger partial charge in [0.15, 0.2) is 0 Å². The summed E-state index contributed by atoms with van der Waals surface area (Å²) >= 11 is 0. The molecule has 0 saturated heterocycles. The van der Waals surface area contributed by atoms with Gasteiger partial charge in [-0.2, -0.15) is 8.42 Å². The first kappa shape index (κ1) is 21.5. The number of hydrogen-bond donors (Lipinski definition) is 2. The predicted octanol–water partition coefficient (Wildman–Crippen LogP) is 3.20. The van der Waals surface area contributed by atoms with Crippen LogP contribution in [0.15, 0.2) is 34.7 Å². The second kappa shape index (κ2) is 7.92. The number of nitrogens with one attached hydrogen (secondary N) is 1. The molecule has 0 fully saturated rings. The predicted molar refractivity (Wildman–Crippen MR) is 110 cm³/mol. The van der Waals surface area contributed by atoms with Gasteiger partial charge in [0.25, 0.3) is 16.0 Å². The largest absolute Gasteiger partial charge is 0.488 e. The highest BCUT2D eigenvalue weighted by molar-refractivity contribution is 7.86. The van der Waals surface area contributed by atoms with Crippen LogP contribution in [-0.4, -0.2) is 31.5 Å². The molecule has 0 unspecified atom stereocenters. The van der Waals surface area contributed by atoms with Crippen molar-refractivity contribution in [2.45, 2.75) is 32.6 Å². The summed E-state index contributed by atoms with van der Waals surface area (Å²) in [7, 11) is -4.51. The van der Waals surface area contributed by atoms with Crippen LogP contribution < -0.4 is 14.8 Å². The molecule has 2 N–H and O–H groups in total. The van der Waals surface area contributed by atoms with E-state index in [9.17, 15) is 22.6 Å². The first-order chi connectivity index (χ1) is 14.0. The molecular weight excluding hydrogens is 410 g/mol. The van der Waals surface area contributed by atoms with Crippen molar-refractivity contribution in [2.24, 2.45) is 0 Å². The molecule has 2 aromatic rings. The van der Waals surface area contributed by atoms with Gasteiger partial charge in [0.1, 0.15) is 23.0 Å². The van der Waals surface area contributed by atoms with E-state index in [1.807, 2.05) is 13.8 Å². The zero-order chi connectivity index (χ0) is 22.2. The molecule has 1 heterocycles. The first-order valence-electron chi connectivity index (χ1n) is 9.04. The van der Waals surface area contributed by atoms with Gasteiger partial charge < -0.3 is 14.8 Å². The number of carbonyl (C=O) groups is 2. The van der Waals surface area contributed by atoms with E-state index in [2.05, 4.69) is 5.32 Å². The van der Waals surface area contributed by atoms with E-state index >= 15 is 0 Å². The summed E-state index contributed by atoms with van der Waals surface area (Å²) in [5.41, 5.74) is 3.01. The van der Waals surface area contributed by atoms with E-state index in [1.165, 1.54) is 31.2 Å². The molecule has 1 aliphatic rings. The van der Waals surface area contributed by atoms with Gasteiger partial charge in [0.2, 0.25) is 0 Å². The van der Waals surface area contributed by atoms with E-state index in [0.717, 1.165) is 11.1 Å². The van der Waals surface area contributed by atoms with Crippen LogP contribution in [0.5, 0.6) is 11.5 Å². The molecule has 0 spiro atoms. The van der Waals surface area contributed by atoms with Crippen molar-refractivity contribution in [2.75, 3.05) is 11.9 Å². The molecule has 8 nitrogen and oxygen atoms in total. The summed E-state index contributed by atoms with van der Waals surface area (Å²) in [4.78, 5) is 23.8. The molecule has 2 aromatic carbocycles. The number of carbonyl (C=O) groups excluding carboxylic acids is 2.